The summed E-state index contributed by atoms with van der Waals surface area (Å²) in [6, 6.07) is 9.17. The maximum Gasteiger partial charge on any atom is 0.264 e. The highest BCUT2D eigenvalue weighted by Gasteiger charge is 2.42. The monoisotopic (exact) mass is 472 g/mol. The second-order valence-corrected chi connectivity index (χ2v) is 8.96. The van der Waals surface area contributed by atoms with Crippen LogP contribution in [0.1, 0.15) is 23.9 Å². The second kappa shape index (κ2) is 8.81. The van der Waals surface area contributed by atoms with E-state index in [-0.39, 0.29) is 18.0 Å². The van der Waals surface area contributed by atoms with Crippen molar-refractivity contribution >= 4 is 34.2 Å². The molecule has 1 saturated heterocycles. The zero-order valence-corrected chi connectivity index (χ0v) is 18.9. The molecule has 2 aromatic heterocycles. The van der Waals surface area contributed by atoms with Crippen molar-refractivity contribution < 1.29 is 18.8 Å². The highest BCUT2D eigenvalue weighted by Crippen LogP contribution is 2.36. The topological polar surface area (TPSA) is 114 Å². The van der Waals surface area contributed by atoms with Gasteiger partial charge in [0.1, 0.15) is 6.04 Å². The molecule has 0 aliphatic carbocycles. The molecule has 32 heavy (non-hydrogen) atoms. The fourth-order valence-corrected chi connectivity index (χ4v) is 5.06. The first kappa shape index (κ1) is 20.8. The van der Waals surface area contributed by atoms with E-state index in [0.717, 1.165) is 10.4 Å². The number of methoxy groups -OCH3 is 2. The average molecular weight is 473 g/mol. The van der Waals surface area contributed by atoms with Crippen molar-refractivity contribution in [1.82, 2.24) is 26.0 Å². The molecule has 5 rings (SSSR count). The second-order valence-electron chi connectivity index (χ2n) is 7.07. The van der Waals surface area contributed by atoms with E-state index in [9.17, 15) is 4.79 Å². The number of ether oxygens (including phenoxy) is 2. The summed E-state index contributed by atoms with van der Waals surface area (Å²) in [6.45, 7) is 0. The number of hydrazone groups is 1. The molecule has 0 bridgehead atoms. The summed E-state index contributed by atoms with van der Waals surface area (Å²) in [5.74, 6) is 2.64. The van der Waals surface area contributed by atoms with Gasteiger partial charge in [0.15, 0.2) is 16.7 Å². The van der Waals surface area contributed by atoms with Gasteiger partial charge in [0, 0.05) is 0 Å². The fourth-order valence-electron chi connectivity index (χ4n) is 3.61. The molecule has 12 heteroatoms. The van der Waals surface area contributed by atoms with Crippen LogP contribution in [0.15, 0.2) is 45.3 Å². The summed E-state index contributed by atoms with van der Waals surface area (Å²) in [4.78, 5) is 17.8. The van der Waals surface area contributed by atoms with Gasteiger partial charge in [-0.05, 0) is 35.6 Å². The molecule has 2 N–H and O–H groups in total. The number of hydrazine groups is 1. The number of benzene rings is 1. The van der Waals surface area contributed by atoms with Crippen molar-refractivity contribution in [3.63, 3.8) is 0 Å². The van der Waals surface area contributed by atoms with E-state index in [4.69, 9.17) is 14.0 Å². The van der Waals surface area contributed by atoms with Gasteiger partial charge in [-0.2, -0.15) is 4.98 Å². The van der Waals surface area contributed by atoms with Crippen LogP contribution in [0.4, 0.5) is 0 Å². The molecular weight excluding hydrogens is 452 g/mol. The molecule has 1 amide bonds. The molecule has 10 nitrogen and oxygen atoms in total. The molecule has 1 aromatic carbocycles. The van der Waals surface area contributed by atoms with Crippen LogP contribution < -0.4 is 20.3 Å². The Balaban J connectivity index is 1.29. The molecule has 1 fully saturated rings. The number of rotatable bonds is 6. The van der Waals surface area contributed by atoms with Crippen LogP contribution >= 0.6 is 23.1 Å². The first-order chi connectivity index (χ1) is 15.7. The Kier molecular flexibility index (Phi) is 5.72. The van der Waals surface area contributed by atoms with Gasteiger partial charge in [0.2, 0.25) is 11.7 Å². The summed E-state index contributed by atoms with van der Waals surface area (Å²) in [7, 11) is 3.20. The number of carbonyl (C=O) groups excluding carboxylic acids is 1. The third-order valence-corrected chi connectivity index (χ3v) is 6.98. The minimum absolute atomic E-state index is 0.0803. The molecule has 2 aliphatic heterocycles. The molecule has 0 spiro atoms. The number of nitrogens with one attached hydrogen (secondary N) is 2. The van der Waals surface area contributed by atoms with Gasteiger partial charge >= 0.3 is 0 Å². The van der Waals surface area contributed by atoms with Gasteiger partial charge in [-0.25, -0.2) is 10.9 Å². The maximum atomic E-state index is 12.4. The van der Waals surface area contributed by atoms with Gasteiger partial charge in [0.25, 0.3) is 5.91 Å². The molecule has 4 heterocycles. The number of thioether (sulfide) groups is 1. The Bertz CT molecular complexity index is 1150. The number of thiophene rings is 1. The number of carbonyl (C=O) groups is 1. The Labute approximate surface area is 191 Å². The number of hydrogen-bond acceptors (Lipinski definition) is 11. The third-order valence-electron chi connectivity index (χ3n) is 5.18. The lowest BCUT2D eigenvalue weighted by Gasteiger charge is -2.29. The summed E-state index contributed by atoms with van der Waals surface area (Å²) in [5, 5.41) is 12.7. The van der Waals surface area contributed by atoms with Gasteiger partial charge in [-0.3, -0.25) is 9.80 Å². The quantitative estimate of drug-likeness (QED) is 0.559. The number of hydrogen-bond donors (Lipinski definition) is 2. The number of nitrogens with zero attached hydrogens (tertiary/aromatic N) is 4. The minimum Gasteiger partial charge on any atom is -0.493 e. The van der Waals surface area contributed by atoms with Crippen molar-refractivity contribution in [2.24, 2.45) is 5.10 Å². The van der Waals surface area contributed by atoms with Crippen LogP contribution in [0, 0.1) is 0 Å². The number of amides is 1. The summed E-state index contributed by atoms with van der Waals surface area (Å²) >= 11 is 2.96. The van der Waals surface area contributed by atoms with E-state index >= 15 is 0 Å². The number of fused-ring (bicyclic) bond motifs is 1. The molecule has 166 valence electrons. The van der Waals surface area contributed by atoms with Crippen LogP contribution in [-0.4, -0.2) is 46.5 Å². The fraction of sp³-hybridized carbons (Fsp3) is 0.300. The molecule has 0 saturated carbocycles. The van der Waals surface area contributed by atoms with E-state index in [1.165, 1.54) is 11.8 Å². The van der Waals surface area contributed by atoms with Crippen LogP contribution in [0.5, 0.6) is 11.5 Å². The Hall–Kier alpha value is -3.09. The summed E-state index contributed by atoms with van der Waals surface area (Å²) in [6.07, 6.45) is 0.587. The first-order valence-corrected chi connectivity index (χ1v) is 11.7. The van der Waals surface area contributed by atoms with E-state index in [1.54, 1.807) is 30.6 Å². The highest BCUT2D eigenvalue weighted by molar-refractivity contribution is 8.13. The van der Waals surface area contributed by atoms with Gasteiger partial charge < -0.3 is 14.0 Å². The van der Waals surface area contributed by atoms with Gasteiger partial charge in [-0.1, -0.05) is 29.1 Å². The average Bonchev–Trinajstić information content (AvgIpc) is 3.58. The lowest BCUT2D eigenvalue weighted by Crippen LogP contribution is -2.52. The standard InChI is InChI=1S/C20H20N6O4S2/c1-28-14-6-5-11(8-15(14)29-2)12-9-13-19(27)22-23-20(26(13)24-12)32-10-17-21-18(25-30-17)16-4-3-7-31-16/h3-8,12-13,24H,9-10H2,1-2H3,(H,22,27). The molecule has 0 radical (unpaired) electrons. The number of aromatic nitrogens is 2. The van der Waals surface area contributed by atoms with Crippen LogP contribution in [0.25, 0.3) is 10.7 Å². The van der Waals surface area contributed by atoms with Crippen molar-refractivity contribution in [1.29, 1.82) is 0 Å². The lowest BCUT2D eigenvalue weighted by molar-refractivity contribution is -0.125. The molecule has 2 unspecified atom stereocenters. The molecule has 2 atom stereocenters. The Morgan fingerprint density at radius 3 is 2.94 bits per heavy atom. The zero-order valence-electron chi connectivity index (χ0n) is 17.3. The predicted molar refractivity (Wildman–Crippen MR) is 120 cm³/mol. The van der Waals surface area contributed by atoms with Crippen LogP contribution in [0.3, 0.4) is 0 Å². The zero-order chi connectivity index (χ0) is 22.1. The van der Waals surface area contributed by atoms with E-state index in [1.807, 2.05) is 35.7 Å². The smallest absolute Gasteiger partial charge is 0.264 e. The van der Waals surface area contributed by atoms with Crippen LogP contribution in [0.2, 0.25) is 0 Å². The lowest BCUT2D eigenvalue weighted by atomic mass is 10.0. The van der Waals surface area contributed by atoms with Crippen molar-refractivity contribution in [2.75, 3.05) is 14.2 Å². The number of amidine groups is 1. The van der Waals surface area contributed by atoms with Crippen LogP contribution in [-0.2, 0) is 10.5 Å². The van der Waals surface area contributed by atoms with Crippen molar-refractivity contribution in [2.45, 2.75) is 24.3 Å². The van der Waals surface area contributed by atoms with E-state index in [2.05, 4.69) is 26.1 Å². The maximum absolute atomic E-state index is 12.4. The van der Waals surface area contributed by atoms with Gasteiger partial charge in [-0.15, -0.1) is 16.4 Å². The van der Waals surface area contributed by atoms with Gasteiger partial charge in [0.05, 0.1) is 30.9 Å². The minimum atomic E-state index is -0.377. The summed E-state index contributed by atoms with van der Waals surface area (Å²) in [5.41, 5.74) is 7.01. The van der Waals surface area contributed by atoms with Crippen molar-refractivity contribution in [3.05, 3.63) is 47.2 Å². The normalized spacial score (nSPS) is 20.0. The molecule has 2 aliphatic rings. The Morgan fingerprint density at radius 1 is 1.28 bits per heavy atom. The van der Waals surface area contributed by atoms with E-state index < -0.39 is 0 Å². The largest absolute Gasteiger partial charge is 0.493 e. The first-order valence-electron chi connectivity index (χ1n) is 9.80. The summed E-state index contributed by atoms with van der Waals surface area (Å²) < 4.78 is 16.1. The Morgan fingerprint density at radius 2 is 2.16 bits per heavy atom. The molecular formula is C20H20N6O4S2. The third kappa shape index (κ3) is 3.92. The SMILES string of the molecule is COc1ccc(C2CC3C(=O)NN=C(SCc4nc(-c5cccs5)no4)N3N2)cc1OC. The predicted octanol–water partition coefficient (Wildman–Crippen LogP) is 2.77. The van der Waals surface area contributed by atoms with Crippen molar-refractivity contribution in [3.8, 4) is 22.2 Å². The highest BCUT2D eigenvalue weighted by atomic mass is 32.2. The molecule has 3 aromatic rings. The van der Waals surface area contributed by atoms with E-state index in [0.29, 0.717) is 40.6 Å².